The number of phenolic OH excluding ortho intramolecular Hbond substituents is 1. The van der Waals surface area contributed by atoms with E-state index in [2.05, 4.69) is 27.5 Å². The molecule has 2 N–H and O–H groups in total. The second kappa shape index (κ2) is 7.82. The molecular formula is C21H25F3N4O. The Morgan fingerprint density at radius 2 is 2.07 bits per heavy atom. The van der Waals surface area contributed by atoms with Crippen molar-refractivity contribution in [3.05, 3.63) is 35.0 Å². The lowest BCUT2D eigenvalue weighted by Gasteiger charge is -2.30. The molecule has 1 aromatic heterocycles. The van der Waals surface area contributed by atoms with Gasteiger partial charge in [-0.3, -0.25) is 0 Å². The third-order valence-electron chi connectivity index (χ3n) is 5.84. The van der Waals surface area contributed by atoms with Crippen molar-refractivity contribution in [3.8, 4) is 17.0 Å². The summed E-state index contributed by atoms with van der Waals surface area (Å²) in [6, 6.07) is 3.02. The molecule has 3 heterocycles. The molecule has 2 aromatic rings. The number of nitrogens with one attached hydrogen (secondary N) is 1. The van der Waals surface area contributed by atoms with Crippen LogP contribution in [0.2, 0.25) is 0 Å². The maximum absolute atomic E-state index is 12.9. The molecule has 1 aromatic carbocycles. The zero-order valence-electron chi connectivity index (χ0n) is 16.4. The number of halogens is 3. The van der Waals surface area contributed by atoms with E-state index in [1.165, 1.54) is 12.5 Å². The first-order chi connectivity index (χ1) is 13.8. The molecule has 2 aliphatic heterocycles. The maximum atomic E-state index is 12.9. The van der Waals surface area contributed by atoms with Crippen LogP contribution in [0.3, 0.4) is 0 Å². The average molecular weight is 406 g/mol. The van der Waals surface area contributed by atoms with E-state index < -0.39 is 17.5 Å². The predicted octanol–water partition coefficient (Wildman–Crippen LogP) is 4.11. The van der Waals surface area contributed by atoms with Crippen LogP contribution in [0.15, 0.2) is 18.2 Å². The van der Waals surface area contributed by atoms with Crippen molar-refractivity contribution < 1.29 is 18.3 Å². The van der Waals surface area contributed by atoms with Gasteiger partial charge in [-0.05, 0) is 69.8 Å². The van der Waals surface area contributed by atoms with Gasteiger partial charge < -0.3 is 15.3 Å². The number of likely N-dealkylation sites (tertiary alicyclic amines) is 1. The Bertz CT molecular complexity index is 900. The molecule has 0 bridgehead atoms. The van der Waals surface area contributed by atoms with Crippen molar-refractivity contribution in [2.24, 2.45) is 5.92 Å². The first-order valence-electron chi connectivity index (χ1n) is 10.0. The minimum Gasteiger partial charge on any atom is -0.507 e. The summed E-state index contributed by atoms with van der Waals surface area (Å²) in [5, 5.41) is 22.5. The van der Waals surface area contributed by atoms with Crippen LogP contribution in [0.4, 0.5) is 18.9 Å². The summed E-state index contributed by atoms with van der Waals surface area (Å²) in [5.41, 5.74) is 2.65. The van der Waals surface area contributed by atoms with Gasteiger partial charge in [0.15, 0.2) is 0 Å². The van der Waals surface area contributed by atoms with Gasteiger partial charge >= 0.3 is 6.18 Å². The number of hydrogen-bond donors (Lipinski definition) is 2. The van der Waals surface area contributed by atoms with E-state index in [0.29, 0.717) is 11.6 Å². The summed E-state index contributed by atoms with van der Waals surface area (Å²) >= 11 is 0. The number of anilines is 1. The number of benzene rings is 1. The van der Waals surface area contributed by atoms with Gasteiger partial charge in [-0.2, -0.15) is 18.3 Å². The molecule has 0 spiro atoms. The number of phenols is 1. The van der Waals surface area contributed by atoms with Crippen LogP contribution in [0, 0.1) is 5.92 Å². The normalized spacial score (nSPS) is 20.2. The van der Waals surface area contributed by atoms with Crippen LogP contribution in [0.25, 0.3) is 11.3 Å². The number of hydrogen-bond acceptors (Lipinski definition) is 5. The number of piperidine rings is 1. The Labute approximate surface area is 167 Å². The molecule has 0 unspecified atom stereocenters. The van der Waals surface area contributed by atoms with E-state index in [-0.39, 0.29) is 5.56 Å². The summed E-state index contributed by atoms with van der Waals surface area (Å²) in [6.07, 6.45) is 0.305. The fourth-order valence-electron chi connectivity index (χ4n) is 4.42. The van der Waals surface area contributed by atoms with E-state index in [4.69, 9.17) is 0 Å². The van der Waals surface area contributed by atoms with Gasteiger partial charge in [0.05, 0.1) is 16.9 Å². The summed E-state index contributed by atoms with van der Waals surface area (Å²) in [4.78, 5) is 2.33. The van der Waals surface area contributed by atoms with Crippen LogP contribution in [-0.4, -0.2) is 46.9 Å². The lowest BCUT2D eigenvalue weighted by molar-refractivity contribution is -0.137. The number of rotatable bonds is 3. The second-order valence-corrected chi connectivity index (χ2v) is 8.08. The van der Waals surface area contributed by atoms with Crippen LogP contribution >= 0.6 is 0 Å². The SMILES string of the molecule is CN1CCC[C@@H](Cc2nnc(-c3ccc(C(F)(F)F)cc3O)c3c2NCCC3)C1. The molecule has 1 fully saturated rings. The molecule has 8 heteroatoms. The fourth-order valence-corrected chi connectivity index (χ4v) is 4.42. The van der Waals surface area contributed by atoms with Crippen molar-refractivity contribution in [2.75, 3.05) is 32.0 Å². The highest BCUT2D eigenvalue weighted by atomic mass is 19.4. The van der Waals surface area contributed by atoms with Crippen molar-refractivity contribution in [2.45, 2.75) is 38.3 Å². The minimum absolute atomic E-state index is 0.286. The Kier molecular flexibility index (Phi) is 5.38. The number of nitrogens with zero attached hydrogens (tertiary/aromatic N) is 3. The molecule has 2 aliphatic rings. The van der Waals surface area contributed by atoms with Gasteiger partial charge in [0.2, 0.25) is 0 Å². The molecule has 5 nitrogen and oxygen atoms in total. The Morgan fingerprint density at radius 1 is 1.24 bits per heavy atom. The van der Waals surface area contributed by atoms with Gasteiger partial charge in [0, 0.05) is 24.2 Å². The third kappa shape index (κ3) is 4.17. The van der Waals surface area contributed by atoms with Crippen molar-refractivity contribution in [1.82, 2.24) is 15.1 Å². The quantitative estimate of drug-likeness (QED) is 0.803. The Morgan fingerprint density at radius 3 is 2.79 bits per heavy atom. The molecule has 29 heavy (non-hydrogen) atoms. The molecule has 0 saturated carbocycles. The molecule has 4 rings (SSSR count). The predicted molar refractivity (Wildman–Crippen MR) is 105 cm³/mol. The lowest BCUT2D eigenvalue weighted by Crippen LogP contribution is -2.33. The monoisotopic (exact) mass is 406 g/mol. The highest BCUT2D eigenvalue weighted by Gasteiger charge is 2.32. The fraction of sp³-hybridized carbons (Fsp3) is 0.524. The summed E-state index contributed by atoms with van der Waals surface area (Å²) in [5.74, 6) is 0.0877. The highest BCUT2D eigenvalue weighted by molar-refractivity contribution is 5.76. The van der Waals surface area contributed by atoms with Gasteiger partial charge in [0.1, 0.15) is 11.4 Å². The number of alkyl halides is 3. The molecule has 156 valence electrons. The van der Waals surface area contributed by atoms with Crippen LogP contribution < -0.4 is 5.32 Å². The molecular weight excluding hydrogens is 381 g/mol. The van der Waals surface area contributed by atoms with E-state index in [0.717, 1.165) is 74.4 Å². The zero-order chi connectivity index (χ0) is 20.6. The van der Waals surface area contributed by atoms with Crippen molar-refractivity contribution in [1.29, 1.82) is 0 Å². The van der Waals surface area contributed by atoms with E-state index in [1.807, 2.05) is 0 Å². The second-order valence-electron chi connectivity index (χ2n) is 8.08. The van der Waals surface area contributed by atoms with Gasteiger partial charge in [-0.1, -0.05) is 0 Å². The first kappa shape index (κ1) is 19.9. The molecule has 0 amide bonds. The minimum atomic E-state index is -4.50. The topological polar surface area (TPSA) is 61.3 Å². The third-order valence-corrected chi connectivity index (χ3v) is 5.84. The van der Waals surface area contributed by atoms with Crippen LogP contribution in [0.1, 0.15) is 36.1 Å². The van der Waals surface area contributed by atoms with E-state index in [9.17, 15) is 18.3 Å². The Balaban J connectivity index is 1.69. The van der Waals surface area contributed by atoms with Gasteiger partial charge in [-0.15, -0.1) is 5.10 Å². The number of aromatic hydroxyl groups is 1. The molecule has 0 aliphatic carbocycles. The lowest BCUT2D eigenvalue weighted by atomic mass is 9.90. The van der Waals surface area contributed by atoms with Crippen LogP contribution in [-0.2, 0) is 19.0 Å². The van der Waals surface area contributed by atoms with E-state index in [1.54, 1.807) is 0 Å². The largest absolute Gasteiger partial charge is 0.507 e. The molecule has 1 atom stereocenters. The first-order valence-corrected chi connectivity index (χ1v) is 10.0. The number of aromatic nitrogens is 2. The van der Waals surface area contributed by atoms with Gasteiger partial charge in [0.25, 0.3) is 0 Å². The molecule has 0 radical (unpaired) electrons. The highest BCUT2D eigenvalue weighted by Crippen LogP contribution is 2.40. The maximum Gasteiger partial charge on any atom is 0.416 e. The number of fused-ring (bicyclic) bond motifs is 1. The summed E-state index contributed by atoms with van der Waals surface area (Å²) < 4.78 is 38.8. The molecule has 1 saturated heterocycles. The smallest absolute Gasteiger partial charge is 0.416 e. The Hall–Kier alpha value is -2.35. The summed E-state index contributed by atoms with van der Waals surface area (Å²) in [6.45, 7) is 2.97. The average Bonchev–Trinajstić information content (AvgIpc) is 2.68. The zero-order valence-corrected chi connectivity index (χ0v) is 16.4. The summed E-state index contributed by atoms with van der Waals surface area (Å²) in [7, 11) is 2.13. The standard InChI is InChI=1S/C21H25F3N4O/c1-28-9-3-4-13(12-28)10-17-20-16(5-2-8-25-20)19(27-26-17)15-7-6-14(11-18(15)29)21(22,23)24/h6-7,11,13,25,29H,2-5,8-10,12H2,1H3/t13-/m0/s1. The van der Waals surface area contributed by atoms with Crippen molar-refractivity contribution in [3.63, 3.8) is 0 Å². The van der Waals surface area contributed by atoms with Crippen LogP contribution in [0.5, 0.6) is 5.75 Å². The van der Waals surface area contributed by atoms with E-state index >= 15 is 0 Å². The van der Waals surface area contributed by atoms with Gasteiger partial charge in [-0.25, -0.2) is 0 Å². The van der Waals surface area contributed by atoms with Crippen molar-refractivity contribution >= 4 is 5.69 Å².